The van der Waals surface area contributed by atoms with Gasteiger partial charge in [0.1, 0.15) is 0 Å². The third-order valence-electron chi connectivity index (χ3n) is 5.42. The number of carbonyl (C=O) groups excluding carboxylic acids is 1. The van der Waals surface area contributed by atoms with E-state index < -0.39 is 9.84 Å². The van der Waals surface area contributed by atoms with Crippen LogP contribution in [0.3, 0.4) is 0 Å². The first-order chi connectivity index (χ1) is 11.3. The summed E-state index contributed by atoms with van der Waals surface area (Å²) in [4.78, 5) is 14.4. The van der Waals surface area contributed by atoms with Crippen molar-refractivity contribution in [1.82, 2.24) is 4.90 Å². The number of likely N-dealkylation sites (tertiary alicyclic amines) is 1. The Morgan fingerprint density at radius 3 is 2.68 bits per heavy atom. The molecule has 1 heterocycles. The van der Waals surface area contributed by atoms with Crippen molar-refractivity contribution in [3.63, 3.8) is 0 Å². The van der Waals surface area contributed by atoms with Crippen LogP contribution in [0, 0.1) is 5.41 Å². The van der Waals surface area contributed by atoms with Crippen LogP contribution >= 0.6 is 12.4 Å². The Morgan fingerprint density at radius 1 is 1.28 bits per heavy atom. The highest BCUT2D eigenvalue weighted by Crippen LogP contribution is 2.29. The number of halogens is 1. The molecule has 0 radical (unpaired) electrons. The zero-order chi connectivity index (χ0) is 17.4. The van der Waals surface area contributed by atoms with Crippen molar-refractivity contribution in [1.29, 1.82) is 0 Å². The molecule has 25 heavy (non-hydrogen) atoms. The number of sulfone groups is 1. The van der Waals surface area contributed by atoms with E-state index in [0.717, 1.165) is 31.2 Å². The van der Waals surface area contributed by atoms with Gasteiger partial charge in [-0.15, -0.1) is 12.4 Å². The Labute approximate surface area is 156 Å². The van der Waals surface area contributed by atoms with Gasteiger partial charge in [0.2, 0.25) is 5.91 Å². The number of amides is 1. The summed E-state index contributed by atoms with van der Waals surface area (Å²) in [6.07, 6.45) is 3.99. The van der Waals surface area contributed by atoms with E-state index in [1.54, 1.807) is 17.0 Å². The van der Waals surface area contributed by atoms with Crippen molar-refractivity contribution in [2.75, 3.05) is 25.4 Å². The minimum Gasteiger partial charge on any atom is -0.342 e. The molecule has 140 valence electrons. The SMILES string of the molecule is CC1(CN)CCN(C(=O)CCS(=O)(=O)c2ccc3c(c2)CCC3)C1.Cl. The fraction of sp³-hybridized carbons (Fsp3) is 0.611. The molecule has 5 nitrogen and oxygen atoms in total. The Bertz CT molecular complexity index is 751. The number of rotatable bonds is 5. The predicted molar refractivity (Wildman–Crippen MR) is 101 cm³/mol. The largest absolute Gasteiger partial charge is 0.342 e. The molecule has 3 rings (SSSR count). The van der Waals surface area contributed by atoms with Crippen molar-refractivity contribution in [3.05, 3.63) is 29.3 Å². The highest BCUT2D eigenvalue weighted by molar-refractivity contribution is 7.91. The quantitative estimate of drug-likeness (QED) is 0.838. The molecular formula is C18H27ClN2O3S. The topological polar surface area (TPSA) is 80.5 Å². The molecular weight excluding hydrogens is 360 g/mol. The summed E-state index contributed by atoms with van der Waals surface area (Å²) in [5.41, 5.74) is 8.12. The van der Waals surface area contributed by atoms with Crippen molar-refractivity contribution < 1.29 is 13.2 Å². The van der Waals surface area contributed by atoms with Crippen molar-refractivity contribution in [3.8, 4) is 0 Å². The molecule has 2 N–H and O–H groups in total. The highest BCUT2D eigenvalue weighted by Gasteiger charge is 2.35. The van der Waals surface area contributed by atoms with E-state index in [4.69, 9.17) is 5.73 Å². The summed E-state index contributed by atoms with van der Waals surface area (Å²) in [5, 5.41) is 0. The summed E-state index contributed by atoms with van der Waals surface area (Å²) < 4.78 is 25.1. The molecule has 1 aliphatic heterocycles. The number of carbonyl (C=O) groups is 1. The van der Waals surface area contributed by atoms with E-state index in [9.17, 15) is 13.2 Å². The standard InChI is InChI=1S/C18H26N2O3S.ClH/c1-18(12-19)8-9-20(13-18)17(21)7-10-24(22,23)16-6-5-14-3-2-4-15(14)11-16;/h5-6,11H,2-4,7-10,12-13,19H2,1H3;1H. The van der Waals surface area contributed by atoms with Gasteiger partial charge in [-0.05, 0) is 60.9 Å². The normalized spacial score (nSPS) is 22.6. The predicted octanol–water partition coefficient (Wildman–Crippen LogP) is 1.96. The van der Waals surface area contributed by atoms with Gasteiger partial charge in [-0.25, -0.2) is 8.42 Å². The second-order valence-electron chi connectivity index (χ2n) is 7.43. The summed E-state index contributed by atoms with van der Waals surface area (Å²) in [7, 11) is -3.41. The molecule has 1 aromatic carbocycles. The van der Waals surface area contributed by atoms with Crippen LogP contribution in [0.2, 0.25) is 0 Å². The minimum absolute atomic E-state index is 0. The number of hydrogen-bond acceptors (Lipinski definition) is 4. The molecule has 1 amide bonds. The van der Waals surface area contributed by atoms with Crippen LogP contribution in [0.1, 0.15) is 37.3 Å². The maximum absolute atomic E-state index is 12.5. The monoisotopic (exact) mass is 386 g/mol. The lowest BCUT2D eigenvalue weighted by atomic mass is 9.90. The molecule has 1 aromatic rings. The second-order valence-corrected chi connectivity index (χ2v) is 9.54. The smallest absolute Gasteiger partial charge is 0.223 e. The molecule has 0 spiro atoms. The zero-order valence-corrected chi connectivity index (χ0v) is 16.3. The number of hydrogen-bond donors (Lipinski definition) is 1. The number of aryl methyl sites for hydroxylation is 2. The van der Waals surface area contributed by atoms with Gasteiger partial charge in [0.05, 0.1) is 10.6 Å². The number of nitrogens with two attached hydrogens (primary N) is 1. The van der Waals surface area contributed by atoms with Crippen LogP contribution < -0.4 is 5.73 Å². The van der Waals surface area contributed by atoms with Crippen molar-refractivity contribution in [2.45, 2.75) is 43.9 Å². The zero-order valence-electron chi connectivity index (χ0n) is 14.7. The van der Waals surface area contributed by atoms with Crippen LogP contribution in [0.15, 0.2) is 23.1 Å². The van der Waals surface area contributed by atoms with E-state index >= 15 is 0 Å². The molecule has 1 saturated heterocycles. The van der Waals surface area contributed by atoms with Crippen LogP contribution in [-0.4, -0.2) is 44.6 Å². The summed E-state index contributed by atoms with van der Waals surface area (Å²) in [5.74, 6) is -0.211. The third kappa shape index (κ3) is 4.36. The molecule has 0 bridgehead atoms. The maximum Gasteiger partial charge on any atom is 0.223 e. The number of benzene rings is 1. The number of fused-ring (bicyclic) bond motifs is 1. The van der Waals surface area contributed by atoms with E-state index in [2.05, 4.69) is 6.92 Å². The Morgan fingerprint density at radius 2 is 2.00 bits per heavy atom. The van der Waals surface area contributed by atoms with Crippen LogP contribution in [0.5, 0.6) is 0 Å². The molecule has 2 aliphatic rings. The number of nitrogens with zero attached hydrogens (tertiary/aromatic N) is 1. The first-order valence-corrected chi connectivity index (χ1v) is 10.3. The second kappa shape index (κ2) is 7.64. The Kier molecular flexibility index (Phi) is 6.17. The third-order valence-corrected chi connectivity index (χ3v) is 7.13. The summed E-state index contributed by atoms with van der Waals surface area (Å²) in [6.45, 7) is 3.92. The van der Waals surface area contributed by atoms with Gasteiger partial charge in [0.15, 0.2) is 9.84 Å². The average Bonchev–Trinajstić information content (AvgIpc) is 3.19. The lowest BCUT2D eigenvalue weighted by Crippen LogP contribution is -2.35. The maximum atomic E-state index is 12.5. The first kappa shape index (κ1) is 20.2. The fourth-order valence-electron chi connectivity index (χ4n) is 3.64. The average molecular weight is 387 g/mol. The Hall–Kier alpha value is -1.11. The van der Waals surface area contributed by atoms with E-state index in [-0.39, 0.29) is 35.9 Å². The van der Waals surface area contributed by atoms with Gasteiger partial charge < -0.3 is 10.6 Å². The van der Waals surface area contributed by atoms with E-state index in [1.165, 1.54) is 5.56 Å². The fourth-order valence-corrected chi connectivity index (χ4v) is 4.92. The van der Waals surface area contributed by atoms with Gasteiger partial charge in [0.25, 0.3) is 0 Å². The molecule has 1 fully saturated rings. The lowest BCUT2D eigenvalue weighted by Gasteiger charge is -2.22. The molecule has 7 heteroatoms. The van der Waals surface area contributed by atoms with Crippen molar-refractivity contribution >= 4 is 28.2 Å². The van der Waals surface area contributed by atoms with Crippen LogP contribution in [0.25, 0.3) is 0 Å². The molecule has 1 unspecified atom stereocenters. The van der Waals surface area contributed by atoms with Gasteiger partial charge in [-0.3, -0.25) is 4.79 Å². The molecule has 0 aromatic heterocycles. The van der Waals surface area contributed by atoms with Crippen LogP contribution in [-0.2, 0) is 27.5 Å². The Balaban J connectivity index is 0.00000225. The van der Waals surface area contributed by atoms with Gasteiger partial charge in [-0.2, -0.15) is 0 Å². The summed E-state index contributed by atoms with van der Waals surface area (Å²) in [6, 6.07) is 5.40. The summed E-state index contributed by atoms with van der Waals surface area (Å²) >= 11 is 0. The molecule has 0 saturated carbocycles. The van der Waals surface area contributed by atoms with Crippen LogP contribution in [0.4, 0.5) is 0 Å². The molecule has 1 atom stereocenters. The van der Waals surface area contributed by atoms with E-state index in [1.807, 2.05) is 6.07 Å². The van der Waals surface area contributed by atoms with Crippen molar-refractivity contribution in [2.24, 2.45) is 11.1 Å². The minimum atomic E-state index is -3.41. The van der Waals surface area contributed by atoms with Gasteiger partial charge >= 0.3 is 0 Å². The lowest BCUT2D eigenvalue weighted by molar-refractivity contribution is -0.130. The van der Waals surface area contributed by atoms with Gasteiger partial charge in [0, 0.05) is 19.5 Å². The first-order valence-electron chi connectivity index (χ1n) is 8.65. The highest BCUT2D eigenvalue weighted by atomic mass is 35.5. The van der Waals surface area contributed by atoms with E-state index in [0.29, 0.717) is 24.5 Å². The molecule has 1 aliphatic carbocycles. The van der Waals surface area contributed by atoms with Gasteiger partial charge in [-0.1, -0.05) is 13.0 Å².